The highest BCUT2D eigenvalue weighted by atomic mass is 32.1. The zero-order chi connectivity index (χ0) is 26.4. The Morgan fingerprint density at radius 2 is 1.29 bits per heavy atom. The van der Waals surface area contributed by atoms with E-state index in [1.54, 1.807) is 0 Å². The third-order valence-corrected chi connectivity index (χ3v) is 8.96. The van der Waals surface area contributed by atoms with E-state index in [4.69, 9.17) is 0 Å². The first-order chi connectivity index (χ1) is 18.4. The zero-order valence-electron chi connectivity index (χ0n) is 22.8. The van der Waals surface area contributed by atoms with Crippen molar-refractivity contribution in [3.05, 3.63) is 113 Å². The molecule has 0 aliphatic heterocycles. The van der Waals surface area contributed by atoms with Gasteiger partial charge in [-0.1, -0.05) is 67.9 Å². The third-order valence-electron chi connectivity index (χ3n) is 7.88. The molecule has 0 saturated heterocycles. The van der Waals surface area contributed by atoms with Crippen LogP contribution in [-0.4, -0.2) is 4.57 Å². The van der Waals surface area contributed by atoms with Crippen molar-refractivity contribution in [2.24, 2.45) is 7.05 Å². The van der Waals surface area contributed by atoms with Crippen LogP contribution in [0.3, 0.4) is 0 Å². The molecule has 1 atom stereocenters. The van der Waals surface area contributed by atoms with Crippen molar-refractivity contribution in [1.29, 1.82) is 0 Å². The van der Waals surface area contributed by atoms with Gasteiger partial charge in [0.2, 0.25) is 0 Å². The fourth-order valence-electron chi connectivity index (χ4n) is 5.39. The monoisotopic (exact) mass is 514 g/mol. The summed E-state index contributed by atoms with van der Waals surface area (Å²) < 4.78 is 3.71. The fraction of sp³-hybridized carbons (Fsp3) is 0.200. The molecule has 0 spiro atoms. The largest absolute Gasteiger partial charge is 0.343 e. The van der Waals surface area contributed by atoms with Crippen molar-refractivity contribution in [3.63, 3.8) is 0 Å². The number of hydrogen-bond donors (Lipinski definition) is 0. The average molecular weight is 515 g/mol. The smallest absolute Gasteiger partial charge is 0.0603 e. The Kier molecular flexibility index (Phi) is 6.33. The average Bonchev–Trinajstić information content (AvgIpc) is 3.45. The van der Waals surface area contributed by atoms with Crippen LogP contribution in [0.2, 0.25) is 0 Å². The molecule has 0 bridgehead atoms. The van der Waals surface area contributed by atoms with Gasteiger partial charge in [-0.3, -0.25) is 0 Å². The molecular formula is C35H34N2S. The molecule has 0 fully saturated rings. The van der Waals surface area contributed by atoms with Gasteiger partial charge in [0.1, 0.15) is 0 Å². The van der Waals surface area contributed by atoms with Gasteiger partial charge in [0, 0.05) is 34.4 Å². The van der Waals surface area contributed by atoms with Crippen LogP contribution in [0, 0.1) is 13.8 Å². The van der Waals surface area contributed by atoms with E-state index in [0.717, 1.165) is 12.1 Å². The quantitative estimate of drug-likeness (QED) is 0.215. The van der Waals surface area contributed by atoms with Crippen molar-refractivity contribution in [2.45, 2.75) is 40.0 Å². The van der Waals surface area contributed by atoms with Crippen LogP contribution in [0.15, 0.2) is 97.1 Å². The van der Waals surface area contributed by atoms with Gasteiger partial charge in [-0.15, -0.1) is 11.3 Å². The van der Waals surface area contributed by atoms with Gasteiger partial charge in [0.15, 0.2) is 0 Å². The Hall–Kier alpha value is -3.82. The zero-order valence-corrected chi connectivity index (χ0v) is 23.6. The first-order valence-corrected chi connectivity index (χ1v) is 14.3. The Labute approximate surface area is 229 Å². The lowest BCUT2D eigenvalue weighted by molar-refractivity contribution is 0.733. The Morgan fingerprint density at radius 1 is 0.711 bits per heavy atom. The first kappa shape index (κ1) is 24.5. The molecule has 0 saturated carbocycles. The maximum Gasteiger partial charge on any atom is 0.0603 e. The summed E-state index contributed by atoms with van der Waals surface area (Å²) in [6.45, 7) is 8.87. The van der Waals surface area contributed by atoms with Crippen molar-refractivity contribution in [1.82, 2.24) is 4.57 Å². The van der Waals surface area contributed by atoms with Crippen LogP contribution in [0.1, 0.15) is 42.2 Å². The van der Waals surface area contributed by atoms with Gasteiger partial charge < -0.3 is 9.47 Å². The van der Waals surface area contributed by atoms with Crippen molar-refractivity contribution in [3.8, 4) is 11.1 Å². The van der Waals surface area contributed by atoms with Crippen LogP contribution < -0.4 is 4.90 Å². The van der Waals surface area contributed by atoms with Gasteiger partial charge in [-0.05, 0) is 91.4 Å². The summed E-state index contributed by atoms with van der Waals surface area (Å²) in [7, 11) is 2.18. The number of nitrogens with zero attached hydrogens (tertiary/aromatic N) is 2. The van der Waals surface area contributed by atoms with Crippen LogP contribution in [-0.2, 0) is 7.05 Å². The molecule has 38 heavy (non-hydrogen) atoms. The maximum absolute atomic E-state index is 2.35. The second kappa shape index (κ2) is 9.81. The normalized spacial score (nSPS) is 12.3. The molecule has 0 aliphatic rings. The summed E-state index contributed by atoms with van der Waals surface area (Å²) in [5.74, 6) is 0.567. The molecule has 4 aromatic carbocycles. The number of anilines is 3. The van der Waals surface area contributed by atoms with Gasteiger partial charge in [0.05, 0.1) is 15.7 Å². The van der Waals surface area contributed by atoms with Crippen LogP contribution in [0.25, 0.3) is 32.2 Å². The second-order valence-corrected chi connectivity index (χ2v) is 11.7. The second-order valence-electron chi connectivity index (χ2n) is 10.5. The predicted molar refractivity (Wildman–Crippen MR) is 167 cm³/mol. The Morgan fingerprint density at radius 3 is 1.92 bits per heavy atom. The molecule has 190 valence electrons. The van der Waals surface area contributed by atoms with Gasteiger partial charge >= 0.3 is 0 Å². The van der Waals surface area contributed by atoms with Crippen LogP contribution in [0.4, 0.5) is 17.1 Å². The minimum atomic E-state index is 0.567. The third kappa shape index (κ3) is 4.31. The van der Waals surface area contributed by atoms with Gasteiger partial charge in [-0.25, -0.2) is 0 Å². The number of aryl methyl sites for hydroxylation is 3. The van der Waals surface area contributed by atoms with Crippen LogP contribution >= 0.6 is 11.3 Å². The number of thiophene rings is 1. The fourth-order valence-corrected chi connectivity index (χ4v) is 6.46. The predicted octanol–water partition coefficient (Wildman–Crippen LogP) is 10.7. The standard InChI is InChI=1S/C35H34N2S/c1-6-24(3)26-9-16-30(17-10-26)37(29-14-7-23(2)8-15-29)31-18-11-27(12-19-31)28-13-20-32-33(22-28)36(5)34-21-25(4)38-35(32)34/h7-22,24H,6H2,1-5H3. The van der Waals surface area contributed by atoms with E-state index in [1.807, 2.05) is 11.3 Å². The Bertz CT molecular complexity index is 1720. The molecule has 2 heterocycles. The highest BCUT2D eigenvalue weighted by Gasteiger charge is 2.15. The molecule has 6 aromatic rings. The van der Waals surface area contributed by atoms with Crippen molar-refractivity contribution in [2.75, 3.05) is 4.90 Å². The molecule has 6 rings (SSSR count). The summed E-state index contributed by atoms with van der Waals surface area (Å²) in [5, 5.41) is 1.34. The Balaban J connectivity index is 1.38. The number of rotatable bonds is 6. The molecular weight excluding hydrogens is 480 g/mol. The lowest BCUT2D eigenvalue weighted by Crippen LogP contribution is -2.10. The number of hydrogen-bond acceptors (Lipinski definition) is 2. The summed E-state index contributed by atoms with van der Waals surface area (Å²) in [6, 6.07) is 36.0. The summed E-state index contributed by atoms with van der Waals surface area (Å²) in [6.07, 6.45) is 1.15. The highest BCUT2D eigenvalue weighted by molar-refractivity contribution is 7.20. The van der Waals surface area contributed by atoms with Crippen molar-refractivity contribution < 1.29 is 0 Å². The molecule has 1 unspecified atom stereocenters. The summed E-state index contributed by atoms with van der Waals surface area (Å²) in [5.41, 5.74) is 11.2. The van der Waals surface area contributed by atoms with E-state index in [1.165, 1.54) is 59.6 Å². The van der Waals surface area contributed by atoms with Crippen molar-refractivity contribution >= 4 is 49.5 Å². The van der Waals surface area contributed by atoms with E-state index in [9.17, 15) is 0 Å². The van der Waals surface area contributed by atoms with Gasteiger partial charge in [-0.2, -0.15) is 0 Å². The molecule has 0 radical (unpaired) electrons. The SMILES string of the molecule is CCC(C)c1ccc(N(c2ccc(C)cc2)c2ccc(-c3ccc4c5sc(C)cc5n(C)c4c3)cc2)cc1. The van der Waals surface area contributed by atoms with Gasteiger partial charge in [0.25, 0.3) is 0 Å². The number of aromatic nitrogens is 1. The van der Waals surface area contributed by atoms with E-state index in [-0.39, 0.29) is 0 Å². The number of fused-ring (bicyclic) bond motifs is 3. The van der Waals surface area contributed by atoms with E-state index in [2.05, 4.69) is 141 Å². The molecule has 2 aromatic heterocycles. The summed E-state index contributed by atoms with van der Waals surface area (Å²) >= 11 is 1.88. The van der Waals surface area contributed by atoms with Crippen LogP contribution in [0.5, 0.6) is 0 Å². The first-order valence-electron chi connectivity index (χ1n) is 13.5. The molecule has 0 N–H and O–H groups in total. The minimum Gasteiger partial charge on any atom is -0.343 e. The minimum absolute atomic E-state index is 0.567. The highest BCUT2D eigenvalue weighted by Crippen LogP contribution is 2.39. The lowest BCUT2D eigenvalue weighted by Gasteiger charge is -2.26. The summed E-state index contributed by atoms with van der Waals surface area (Å²) in [4.78, 5) is 3.71. The number of benzene rings is 4. The van der Waals surface area contributed by atoms with E-state index < -0.39 is 0 Å². The topological polar surface area (TPSA) is 8.17 Å². The molecule has 2 nitrogen and oxygen atoms in total. The lowest BCUT2D eigenvalue weighted by atomic mass is 9.98. The van der Waals surface area contributed by atoms with E-state index in [0.29, 0.717) is 5.92 Å². The maximum atomic E-state index is 2.35. The molecule has 0 amide bonds. The molecule has 3 heteroatoms. The molecule has 0 aliphatic carbocycles. The van der Waals surface area contributed by atoms with E-state index >= 15 is 0 Å².